The van der Waals surface area contributed by atoms with Crippen LogP contribution in [0, 0.1) is 5.92 Å². The first-order valence-electron chi connectivity index (χ1n) is 13.4. The van der Waals surface area contributed by atoms with Crippen molar-refractivity contribution in [2.75, 3.05) is 4.90 Å². The minimum atomic E-state index is -1.72. The van der Waals surface area contributed by atoms with Gasteiger partial charge in [0.15, 0.2) is 5.60 Å². The zero-order valence-electron chi connectivity index (χ0n) is 23.4. The van der Waals surface area contributed by atoms with Crippen molar-refractivity contribution in [3.8, 4) is 0 Å². The van der Waals surface area contributed by atoms with Crippen molar-refractivity contribution in [2.24, 2.45) is 5.92 Å². The van der Waals surface area contributed by atoms with Gasteiger partial charge in [0, 0.05) is 30.4 Å². The number of benzene rings is 2. The average Bonchev–Trinajstić information content (AvgIpc) is 3.56. The molecule has 1 aliphatic rings. The Kier molecular flexibility index (Phi) is 8.99. The Morgan fingerprint density at radius 1 is 1.12 bits per heavy atom. The number of rotatable bonds is 12. The summed E-state index contributed by atoms with van der Waals surface area (Å²) in [5, 5.41) is 12.6. The van der Waals surface area contributed by atoms with E-state index < -0.39 is 41.8 Å². The van der Waals surface area contributed by atoms with Crippen LogP contribution in [0.1, 0.15) is 32.8 Å². The summed E-state index contributed by atoms with van der Waals surface area (Å²) in [4.78, 5) is 64.4. The number of hydroxylamine groups is 1. The van der Waals surface area contributed by atoms with Gasteiger partial charge < -0.3 is 25.8 Å². The van der Waals surface area contributed by atoms with Gasteiger partial charge in [-0.1, -0.05) is 62.4 Å². The molecule has 0 bridgehead atoms. The first kappa shape index (κ1) is 29.9. The highest BCUT2D eigenvalue weighted by molar-refractivity contribution is 6.28. The van der Waals surface area contributed by atoms with E-state index in [0.29, 0.717) is 17.6 Å². The molecule has 1 unspecified atom stereocenters. The Morgan fingerprint density at radius 3 is 2.45 bits per heavy atom. The zero-order valence-corrected chi connectivity index (χ0v) is 23.4. The number of ketones is 1. The predicted octanol–water partition coefficient (Wildman–Crippen LogP) is 2.77. The molecule has 0 spiro atoms. The smallest absolute Gasteiger partial charge is 0.325 e. The number of hydrogen-bond donors (Lipinski definition) is 4. The van der Waals surface area contributed by atoms with Crippen LogP contribution in [0.15, 0.2) is 72.6 Å². The quantitative estimate of drug-likeness (QED) is 0.146. The van der Waals surface area contributed by atoms with Gasteiger partial charge in [-0.2, -0.15) is 4.79 Å². The van der Waals surface area contributed by atoms with Gasteiger partial charge in [-0.3, -0.25) is 29.5 Å². The summed E-state index contributed by atoms with van der Waals surface area (Å²) in [7, 11) is 0. The lowest BCUT2D eigenvalue weighted by molar-refractivity contribution is -0.147. The number of fused-ring (bicyclic) bond motifs is 1. The van der Waals surface area contributed by atoms with Crippen LogP contribution in [0.5, 0.6) is 0 Å². The van der Waals surface area contributed by atoms with Gasteiger partial charge in [0.25, 0.3) is 11.7 Å². The Morgan fingerprint density at radius 2 is 1.81 bits per heavy atom. The molecule has 3 aromatic rings. The summed E-state index contributed by atoms with van der Waals surface area (Å²) >= 11 is 0. The highest BCUT2D eigenvalue weighted by atomic mass is 16.7. The molecule has 42 heavy (non-hydrogen) atoms. The van der Waals surface area contributed by atoms with E-state index in [4.69, 9.17) is 10.4 Å². The number of anilines is 1. The number of aliphatic carboxylic acids is 1. The number of H-pyrrole nitrogens is 1. The molecule has 4 rings (SSSR count). The molecule has 4 N–H and O–H groups in total. The molecule has 2 amide bonds. The lowest BCUT2D eigenvalue weighted by atomic mass is 9.89. The number of aromatic nitrogens is 1. The monoisotopic (exact) mass is 572 g/mol. The third-order valence-electron chi connectivity index (χ3n) is 7.04. The maximum absolute atomic E-state index is 13.9. The molecule has 2 heterocycles. The maximum atomic E-state index is 13.9. The zero-order chi connectivity index (χ0) is 30.4. The van der Waals surface area contributed by atoms with Crippen LogP contribution in [-0.2, 0) is 30.4 Å². The number of carboxylic acid groups (broad SMARTS) is 1. The summed E-state index contributed by atoms with van der Waals surface area (Å²) < 4.78 is 0. The number of para-hydroxylation sites is 1. The molecule has 12 heteroatoms. The van der Waals surface area contributed by atoms with Crippen LogP contribution in [0.25, 0.3) is 16.4 Å². The van der Waals surface area contributed by atoms with Crippen molar-refractivity contribution in [1.29, 1.82) is 0 Å². The average molecular weight is 573 g/mol. The molecule has 3 atom stereocenters. The van der Waals surface area contributed by atoms with E-state index in [-0.39, 0.29) is 18.2 Å². The number of carboxylic acids is 1. The number of Topliss-reactive ketones (excluding diaryl/α,β-unsaturated/α-hetero) is 1. The second kappa shape index (κ2) is 12.6. The topological polar surface area (TPSA) is 177 Å². The molecule has 218 valence electrons. The normalized spacial score (nSPS) is 17.5. The van der Waals surface area contributed by atoms with Gasteiger partial charge in [0.1, 0.15) is 6.04 Å². The Hall–Kier alpha value is -5.06. The Bertz CT molecular complexity index is 1580. The third kappa shape index (κ3) is 6.30. The Balaban J connectivity index is 1.79. The largest absolute Gasteiger partial charge is 0.481 e. The van der Waals surface area contributed by atoms with Crippen LogP contribution in [0.2, 0.25) is 0 Å². The van der Waals surface area contributed by atoms with E-state index in [2.05, 4.69) is 20.6 Å². The molecule has 2 aromatic carbocycles. The SMILES string of the molecule is CC(=O)N(c1c[nH]c2ccccc12)[C@H](C1=CC(Cc2ccccc2)(C(=O)N[C@@H](CC(=O)O)C(=O)C=[N+]=[N-])ON1)C(C)C. The third-order valence-corrected chi connectivity index (χ3v) is 7.04. The highest BCUT2D eigenvalue weighted by Crippen LogP contribution is 2.35. The van der Waals surface area contributed by atoms with Gasteiger partial charge >= 0.3 is 12.2 Å². The predicted molar refractivity (Wildman–Crippen MR) is 154 cm³/mol. The molecule has 12 nitrogen and oxygen atoms in total. The molecule has 1 aliphatic heterocycles. The van der Waals surface area contributed by atoms with E-state index in [1.54, 1.807) is 41.4 Å². The number of nitrogens with one attached hydrogen (secondary N) is 3. The fourth-order valence-electron chi connectivity index (χ4n) is 5.18. The van der Waals surface area contributed by atoms with E-state index in [1.165, 1.54) is 6.92 Å². The van der Waals surface area contributed by atoms with Gasteiger partial charge in [0.05, 0.1) is 23.8 Å². The van der Waals surface area contributed by atoms with Crippen molar-refractivity contribution in [3.63, 3.8) is 0 Å². The molecule has 0 saturated carbocycles. The second-order valence-electron chi connectivity index (χ2n) is 10.4. The van der Waals surface area contributed by atoms with Crippen LogP contribution in [0.4, 0.5) is 5.69 Å². The first-order valence-corrected chi connectivity index (χ1v) is 13.4. The Labute approximate surface area is 241 Å². The van der Waals surface area contributed by atoms with E-state index >= 15 is 0 Å². The van der Waals surface area contributed by atoms with E-state index in [0.717, 1.165) is 16.5 Å². The summed E-state index contributed by atoms with van der Waals surface area (Å²) in [5.74, 6) is -3.41. The van der Waals surface area contributed by atoms with Crippen molar-refractivity contribution in [1.82, 2.24) is 15.8 Å². The number of aromatic amines is 1. The molecule has 0 radical (unpaired) electrons. The van der Waals surface area contributed by atoms with Crippen molar-refractivity contribution >= 4 is 46.4 Å². The van der Waals surface area contributed by atoms with Crippen molar-refractivity contribution in [3.05, 3.63) is 83.7 Å². The van der Waals surface area contributed by atoms with Gasteiger partial charge in [0.2, 0.25) is 5.91 Å². The maximum Gasteiger partial charge on any atom is 0.325 e. The van der Waals surface area contributed by atoms with Crippen molar-refractivity contribution < 1.29 is 33.9 Å². The summed E-state index contributed by atoms with van der Waals surface area (Å²) in [5.41, 5.74) is 12.6. The standard InChI is InChI=1S/C30H32N6O6/c1-18(2)28(36(19(3)37)25-16-32-22-12-8-7-11-21(22)25)24-15-30(42-35-24,14-20-9-5-4-6-10-20)29(41)34-23(13-27(39)40)26(38)17-33-31/h4-12,15-18,23,28,32,35H,13-14H2,1-3H3,(H,34,41)(H,39,40)/t23-,28-,30?/m0/s1. The van der Waals surface area contributed by atoms with Crippen molar-refractivity contribution in [2.45, 2.75) is 51.3 Å². The lowest BCUT2D eigenvalue weighted by Gasteiger charge is -2.34. The molecule has 0 saturated heterocycles. The van der Waals surface area contributed by atoms with Crippen LogP contribution in [-0.4, -0.2) is 62.3 Å². The summed E-state index contributed by atoms with van der Waals surface area (Å²) in [6.07, 6.45) is 3.15. The van der Waals surface area contributed by atoms with Gasteiger partial charge in [-0.05, 0) is 23.6 Å². The number of carbonyl (C=O) groups excluding carboxylic acids is 3. The van der Waals surface area contributed by atoms with E-state index in [9.17, 15) is 24.3 Å². The molecule has 0 aliphatic carbocycles. The van der Waals surface area contributed by atoms with Crippen LogP contribution in [0.3, 0.4) is 0 Å². The van der Waals surface area contributed by atoms with Gasteiger partial charge in [-0.15, -0.1) is 0 Å². The molecular formula is C30H32N6O6. The van der Waals surface area contributed by atoms with E-state index in [1.807, 2.05) is 44.2 Å². The minimum Gasteiger partial charge on any atom is -0.481 e. The number of carbonyl (C=O) groups is 4. The lowest BCUT2D eigenvalue weighted by Crippen LogP contribution is -2.54. The molecule has 0 fully saturated rings. The minimum absolute atomic E-state index is 0.0240. The van der Waals surface area contributed by atoms with Crippen LogP contribution >= 0.6 is 0 Å². The fraction of sp³-hybridized carbons (Fsp3) is 0.300. The van der Waals surface area contributed by atoms with Gasteiger partial charge in [-0.25, -0.2) is 0 Å². The number of hydrogen-bond acceptors (Lipinski definition) is 6. The molecular weight excluding hydrogens is 540 g/mol. The molecule has 1 aromatic heterocycles. The highest BCUT2D eigenvalue weighted by Gasteiger charge is 2.47. The first-order chi connectivity index (χ1) is 20.1. The van der Waals surface area contributed by atoms with Crippen LogP contribution < -0.4 is 15.7 Å². The fourth-order valence-corrected chi connectivity index (χ4v) is 5.18. The number of amides is 2. The number of nitrogens with zero attached hydrogens (tertiary/aromatic N) is 3. The summed E-state index contributed by atoms with van der Waals surface area (Å²) in [6.45, 7) is 5.33. The second-order valence-corrected chi connectivity index (χ2v) is 10.4. The summed E-state index contributed by atoms with van der Waals surface area (Å²) in [6, 6.07) is 14.5.